The molecule has 1 atom stereocenters. The fourth-order valence-corrected chi connectivity index (χ4v) is 3.71. The maximum Gasteiger partial charge on any atom is 0.152 e. The van der Waals surface area contributed by atoms with Gasteiger partial charge in [0.05, 0.1) is 0 Å². The van der Waals surface area contributed by atoms with Crippen molar-refractivity contribution in [2.75, 3.05) is 17.3 Å². The van der Waals surface area contributed by atoms with Crippen molar-refractivity contribution in [3.63, 3.8) is 0 Å². The Labute approximate surface area is 97.7 Å². The molecule has 0 heterocycles. The summed E-state index contributed by atoms with van der Waals surface area (Å²) in [6.45, 7) is 2.21. The van der Waals surface area contributed by atoms with Crippen LogP contribution in [0.3, 0.4) is 0 Å². The summed E-state index contributed by atoms with van der Waals surface area (Å²) < 4.78 is 18.8. The van der Waals surface area contributed by atoms with E-state index in [0.717, 1.165) is 12.8 Å². The molecule has 86 valence electrons. The molecule has 0 saturated heterocycles. The normalized spacial score (nSPS) is 13.0. The van der Waals surface area contributed by atoms with Gasteiger partial charge in [0.2, 0.25) is 0 Å². The topological polar surface area (TPSA) is 37.3 Å². The van der Waals surface area contributed by atoms with Gasteiger partial charge in [-0.3, -0.25) is 0 Å². The van der Waals surface area contributed by atoms with Gasteiger partial charge in [0.25, 0.3) is 0 Å². The molecule has 0 radical (unpaired) electrons. The molecule has 0 spiro atoms. The second kappa shape index (κ2) is 11.9. The minimum Gasteiger partial charge on any atom is -0.306 e. The minimum absolute atomic E-state index is 0.438. The van der Waals surface area contributed by atoms with Crippen molar-refractivity contribution in [1.82, 2.24) is 0 Å². The first-order valence-corrected chi connectivity index (χ1v) is 8.85. The molecule has 0 aromatic heterocycles. The van der Waals surface area contributed by atoms with Crippen LogP contribution in [0.1, 0.15) is 39.0 Å². The summed E-state index contributed by atoms with van der Waals surface area (Å²) in [6, 6.07) is 0. The minimum atomic E-state index is -1.59. The third kappa shape index (κ3) is 12.8. The Morgan fingerprint density at radius 3 is 2.29 bits per heavy atom. The zero-order valence-electron chi connectivity index (χ0n) is 8.74. The fraction of sp³-hybridized carbons (Fsp3) is 1.00. The van der Waals surface area contributed by atoms with Gasteiger partial charge in [-0.1, -0.05) is 41.4 Å². The Morgan fingerprint density at radius 1 is 1.07 bits per heavy atom. The van der Waals surface area contributed by atoms with E-state index in [1.54, 1.807) is 0 Å². The fourth-order valence-electron chi connectivity index (χ4n) is 0.884. The maximum atomic E-state index is 10.3. The van der Waals surface area contributed by atoms with Crippen molar-refractivity contribution in [2.24, 2.45) is 0 Å². The number of hydrogen-bond acceptors (Lipinski definition) is 3. The van der Waals surface area contributed by atoms with Gasteiger partial charge in [-0.2, -0.15) is 0 Å². The molecule has 0 aliphatic carbocycles. The van der Waals surface area contributed by atoms with Crippen LogP contribution in [0, 0.1) is 0 Å². The first-order valence-electron chi connectivity index (χ1n) is 5.09. The molecule has 1 N–H and O–H groups in total. The zero-order chi connectivity index (χ0) is 10.6. The van der Waals surface area contributed by atoms with E-state index in [4.69, 9.17) is 4.55 Å². The summed E-state index contributed by atoms with van der Waals surface area (Å²) in [5, 5.41) is 0. The van der Waals surface area contributed by atoms with Gasteiger partial charge < -0.3 is 4.55 Å². The van der Waals surface area contributed by atoms with Crippen LogP contribution in [0.5, 0.6) is 0 Å². The van der Waals surface area contributed by atoms with E-state index in [9.17, 15) is 4.21 Å². The van der Waals surface area contributed by atoms with Crippen LogP contribution in [-0.2, 0) is 11.1 Å². The molecule has 0 bridgehead atoms. The molecule has 0 fully saturated rings. The highest BCUT2D eigenvalue weighted by Crippen LogP contribution is 2.23. The van der Waals surface area contributed by atoms with Crippen LogP contribution >= 0.6 is 21.6 Å². The Kier molecular flexibility index (Phi) is 12.6. The van der Waals surface area contributed by atoms with E-state index in [0.29, 0.717) is 5.75 Å². The van der Waals surface area contributed by atoms with Crippen LogP contribution in [0.25, 0.3) is 0 Å². The van der Waals surface area contributed by atoms with Gasteiger partial charge in [-0.25, -0.2) is 4.21 Å². The van der Waals surface area contributed by atoms with Gasteiger partial charge in [0, 0.05) is 17.3 Å². The Morgan fingerprint density at radius 2 is 1.71 bits per heavy atom. The summed E-state index contributed by atoms with van der Waals surface area (Å²) in [7, 11) is 3.88. The Bertz CT molecular complexity index is 142. The third-order valence-electron chi connectivity index (χ3n) is 1.71. The lowest BCUT2D eigenvalue weighted by Gasteiger charge is -2.00. The predicted molar refractivity (Wildman–Crippen MR) is 69.3 cm³/mol. The average molecular weight is 256 g/mol. The molecule has 0 aliphatic heterocycles. The van der Waals surface area contributed by atoms with Crippen molar-refractivity contribution in [1.29, 1.82) is 0 Å². The van der Waals surface area contributed by atoms with Crippen LogP contribution in [0.4, 0.5) is 0 Å². The Hall–Kier alpha value is 0.810. The zero-order valence-corrected chi connectivity index (χ0v) is 11.2. The van der Waals surface area contributed by atoms with Crippen LogP contribution in [0.2, 0.25) is 0 Å². The van der Waals surface area contributed by atoms with E-state index in [-0.39, 0.29) is 0 Å². The average Bonchev–Trinajstić information content (AvgIpc) is 2.15. The third-order valence-corrected chi connectivity index (χ3v) is 4.93. The lowest BCUT2D eigenvalue weighted by molar-refractivity contribution is 0.560. The molecular formula is C9H20O2S3. The molecule has 5 heteroatoms. The van der Waals surface area contributed by atoms with Crippen LogP contribution in [0.15, 0.2) is 0 Å². The summed E-state index contributed by atoms with van der Waals surface area (Å²) in [4.78, 5) is 0. The summed E-state index contributed by atoms with van der Waals surface area (Å²) in [5.41, 5.74) is 0. The number of rotatable bonds is 10. The summed E-state index contributed by atoms with van der Waals surface area (Å²) in [5.74, 6) is 2.86. The van der Waals surface area contributed by atoms with Crippen molar-refractivity contribution in [3.8, 4) is 0 Å². The highest BCUT2D eigenvalue weighted by atomic mass is 33.1. The molecule has 0 saturated carbocycles. The summed E-state index contributed by atoms with van der Waals surface area (Å²) in [6.07, 6.45) is 5.70. The first kappa shape index (κ1) is 14.8. The lowest BCUT2D eigenvalue weighted by atomic mass is 10.3. The first-order chi connectivity index (χ1) is 6.77. The monoisotopic (exact) mass is 256 g/mol. The SMILES string of the molecule is CCCCSSCCCCCS(=O)O. The highest BCUT2D eigenvalue weighted by Gasteiger charge is 1.94. The van der Waals surface area contributed by atoms with Gasteiger partial charge in [0.1, 0.15) is 0 Å². The van der Waals surface area contributed by atoms with E-state index in [2.05, 4.69) is 6.92 Å². The number of hydrogen-bond donors (Lipinski definition) is 1. The molecule has 0 amide bonds. The van der Waals surface area contributed by atoms with Gasteiger partial charge >= 0.3 is 0 Å². The maximum absolute atomic E-state index is 10.3. The molecule has 14 heavy (non-hydrogen) atoms. The molecule has 0 aliphatic rings. The molecule has 0 rings (SSSR count). The smallest absolute Gasteiger partial charge is 0.152 e. The molecule has 2 nitrogen and oxygen atoms in total. The standard InChI is InChI=1S/C9H20O2S3/c1-2-3-7-12-13-8-5-4-6-9-14(10)11/h2-9H2,1H3,(H,10,11). The molecular weight excluding hydrogens is 236 g/mol. The van der Waals surface area contributed by atoms with Crippen LogP contribution < -0.4 is 0 Å². The summed E-state index contributed by atoms with van der Waals surface area (Å²) >= 11 is -1.59. The van der Waals surface area contributed by atoms with Crippen molar-refractivity contribution < 1.29 is 8.76 Å². The van der Waals surface area contributed by atoms with Crippen molar-refractivity contribution in [3.05, 3.63) is 0 Å². The van der Waals surface area contributed by atoms with Crippen LogP contribution in [-0.4, -0.2) is 26.0 Å². The Balaban J connectivity index is 2.88. The second-order valence-electron chi connectivity index (χ2n) is 3.08. The van der Waals surface area contributed by atoms with Gasteiger partial charge in [-0.15, -0.1) is 0 Å². The molecule has 1 unspecified atom stereocenters. The van der Waals surface area contributed by atoms with Gasteiger partial charge in [-0.05, 0) is 19.3 Å². The molecule has 0 aromatic carbocycles. The molecule has 0 aromatic rings. The van der Waals surface area contributed by atoms with E-state index >= 15 is 0 Å². The van der Waals surface area contributed by atoms with Gasteiger partial charge in [0.15, 0.2) is 11.1 Å². The predicted octanol–water partition coefficient (Wildman–Crippen LogP) is 3.56. The lowest BCUT2D eigenvalue weighted by Crippen LogP contribution is -1.94. The highest BCUT2D eigenvalue weighted by molar-refractivity contribution is 8.76. The quantitative estimate of drug-likeness (QED) is 0.368. The second-order valence-corrected chi connectivity index (χ2v) is 6.84. The van der Waals surface area contributed by atoms with E-state index < -0.39 is 11.1 Å². The van der Waals surface area contributed by atoms with E-state index in [1.807, 2.05) is 21.6 Å². The van der Waals surface area contributed by atoms with Crippen molar-refractivity contribution >= 4 is 32.7 Å². The number of unbranched alkanes of at least 4 members (excludes halogenated alkanes) is 3. The largest absolute Gasteiger partial charge is 0.306 e. The van der Waals surface area contributed by atoms with Crippen molar-refractivity contribution in [2.45, 2.75) is 39.0 Å². The van der Waals surface area contributed by atoms with E-state index in [1.165, 1.54) is 30.8 Å².